The average Bonchev–Trinajstić information content (AvgIpc) is 3.01. The summed E-state index contributed by atoms with van der Waals surface area (Å²) in [5.74, 6) is -1.14. The highest BCUT2D eigenvalue weighted by Crippen LogP contribution is 2.24. The number of carboxylic acids is 1. The van der Waals surface area contributed by atoms with Gasteiger partial charge in [0, 0.05) is 19.5 Å². The second-order valence-corrected chi connectivity index (χ2v) is 6.70. The third-order valence-corrected chi connectivity index (χ3v) is 4.89. The van der Waals surface area contributed by atoms with Crippen molar-refractivity contribution in [3.8, 4) is 5.69 Å². The van der Waals surface area contributed by atoms with Gasteiger partial charge in [-0.25, -0.2) is 9.07 Å². The molecule has 1 N–H and O–H groups in total. The Kier molecular flexibility index (Phi) is 5.35. The van der Waals surface area contributed by atoms with Crippen LogP contribution in [-0.4, -0.2) is 44.8 Å². The fraction of sp³-hybridized carbons (Fsp3) is 0.421. The number of piperidine rings is 1. The molecule has 1 amide bonds. The largest absolute Gasteiger partial charge is 0.481 e. The van der Waals surface area contributed by atoms with Gasteiger partial charge in [-0.15, -0.1) is 0 Å². The zero-order valence-corrected chi connectivity index (χ0v) is 14.7. The van der Waals surface area contributed by atoms with Crippen LogP contribution in [0, 0.1) is 18.7 Å². The predicted molar refractivity (Wildman–Crippen MR) is 93.8 cm³/mol. The van der Waals surface area contributed by atoms with Crippen LogP contribution in [0.15, 0.2) is 30.5 Å². The molecule has 0 aliphatic carbocycles. The maximum absolute atomic E-state index is 14.0. The molecule has 1 fully saturated rings. The van der Waals surface area contributed by atoms with E-state index in [1.807, 2.05) is 0 Å². The van der Waals surface area contributed by atoms with E-state index in [0.29, 0.717) is 36.5 Å². The van der Waals surface area contributed by atoms with E-state index in [9.17, 15) is 14.0 Å². The fourth-order valence-electron chi connectivity index (χ4n) is 3.47. The zero-order valence-electron chi connectivity index (χ0n) is 14.7. The molecule has 0 saturated carbocycles. The topological polar surface area (TPSA) is 75.4 Å². The number of rotatable bonds is 5. The summed E-state index contributed by atoms with van der Waals surface area (Å²) < 4.78 is 15.5. The minimum absolute atomic E-state index is 0.122. The molecule has 7 heteroatoms. The van der Waals surface area contributed by atoms with E-state index >= 15 is 0 Å². The summed E-state index contributed by atoms with van der Waals surface area (Å²) in [5.41, 5.74) is 1.35. The first-order valence-electron chi connectivity index (χ1n) is 8.78. The van der Waals surface area contributed by atoms with Gasteiger partial charge in [0.05, 0.1) is 17.5 Å². The van der Waals surface area contributed by atoms with Gasteiger partial charge in [-0.3, -0.25) is 9.59 Å². The molecule has 6 nitrogen and oxygen atoms in total. The van der Waals surface area contributed by atoms with E-state index in [-0.39, 0.29) is 18.2 Å². The van der Waals surface area contributed by atoms with Gasteiger partial charge in [-0.2, -0.15) is 5.10 Å². The van der Waals surface area contributed by atoms with Gasteiger partial charge in [0.1, 0.15) is 11.5 Å². The minimum atomic E-state index is -0.810. The fourth-order valence-corrected chi connectivity index (χ4v) is 3.47. The Morgan fingerprint density at radius 1 is 1.35 bits per heavy atom. The molecule has 0 unspecified atom stereocenters. The Bertz CT molecular complexity index is 818. The summed E-state index contributed by atoms with van der Waals surface area (Å²) in [5, 5.41) is 13.0. The molecule has 1 aromatic carbocycles. The molecule has 138 valence electrons. The number of hydrogen-bond donors (Lipinski definition) is 1. The number of benzene rings is 1. The Hall–Kier alpha value is -2.70. The molecule has 1 atom stereocenters. The van der Waals surface area contributed by atoms with E-state index in [1.54, 1.807) is 30.0 Å². The summed E-state index contributed by atoms with van der Waals surface area (Å²) in [6.07, 6.45) is 3.97. The minimum Gasteiger partial charge on any atom is -0.481 e. The van der Waals surface area contributed by atoms with Gasteiger partial charge in [-0.1, -0.05) is 12.1 Å². The van der Waals surface area contributed by atoms with E-state index in [0.717, 1.165) is 12.8 Å². The van der Waals surface area contributed by atoms with Crippen molar-refractivity contribution in [2.45, 2.75) is 32.6 Å². The number of halogens is 1. The highest BCUT2D eigenvalue weighted by Gasteiger charge is 2.27. The molecular weight excluding hydrogens is 337 g/mol. The van der Waals surface area contributed by atoms with Crippen LogP contribution in [0.5, 0.6) is 0 Å². The Morgan fingerprint density at radius 2 is 2.12 bits per heavy atom. The Balaban J connectivity index is 1.76. The Labute approximate surface area is 151 Å². The Morgan fingerprint density at radius 3 is 2.85 bits per heavy atom. The lowest BCUT2D eigenvalue weighted by atomic mass is 9.93. The van der Waals surface area contributed by atoms with Crippen molar-refractivity contribution in [3.63, 3.8) is 0 Å². The number of hydrogen-bond acceptors (Lipinski definition) is 3. The highest BCUT2D eigenvalue weighted by molar-refractivity contribution is 5.95. The summed E-state index contributed by atoms with van der Waals surface area (Å²) in [4.78, 5) is 25.4. The molecule has 1 saturated heterocycles. The standard InChI is InChI=1S/C19H22FN3O3/c1-13-15(11-21-23(13)17-7-3-2-6-16(17)20)19(26)22-10-4-5-14(12-22)8-9-18(24)25/h2-3,6-7,11,14H,4-5,8-10,12H2,1H3,(H,24,25)/t14-/m0/s1. The molecule has 1 aromatic heterocycles. The van der Waals surface area contributed by atoms with Gasteiger partial charge in [0.25, 0.3) is 5.91 Å². The van der Waals surface area contributed by atoms with Gasteiger partial charge in [-0.05, 0) is 44.2 Å². The van der Waals surface area contributed by atoms with E-state index in [1.165, 1.54) is 16.9 Å². The van der Waals surface area contributed by atoms with Gasteiger partial charge in [0.2, 0.25) is 0 Å². The zero-order chi connectivity index (χ0) is 18.7. The van der Waals surface area contributed by atoms with E-state index in [4.69, 9.17) is 5.11 Å². The molecule has 3 rings (SSSR count). The lowest BCUT2D eigenvalue weighted by molar-refractivity contribution is -0.137. The third kappa shape index (κ3) is 3.76. The third-order valence-electron chi connectivity index (χ3n) is 4.89. The van der Waals surface area contributed by atoms with Crippen LogP contribution >= 0.6 is 0 Å². The van der Waals surface area contributed by atoms with Crippen LogP contribution < -0.4 is 0 Å². The van der Waals surface area contributed by atoms with Crippen molar-refractivity contribution in [1.29, 1.82) is 0 Å². The normalized spacial score (nSPS) is 17.3. The second-order valence-electron chi connectivity index (χ2n) is 6.70. The molecular formula is C19H22FN3O3. The van der Waals surface area contributed by atoms with Crippen molar-refractivity contribution in [1.82, 2.24) is 14.7 Å². The van der Waals surface area contributed by atoms with Crippen LogP contribution in [-0.2, 0) is 4.79 Å². The second kappa shape index (κ2) is 7.68. The summed E-state index contributed by atoms with van der Waals surface area (Å²) in [6.45, 7) is 2.95. The molecule has 1 aliphatic rings. The van der Waals surface area contributed by atoms with Crippen LogP contribution in [0.4, 0.5) is 4.39 Å². The van der Waals surface area contributed by atoms with Crippen LogP contribution in [0.1, 0.15) is 41.7 Å². The number of carboxylic acid groups (broad SMARTS) is 1. The van der Waals surface area contributed by atoms with Gasteiger partial charge in [0.15, 0.2) is 0 Å². The van der Waals surface area contributed by atoms with Crippen molar-refractivity contribution in [2.75, 3.05) is 13.1 Å². The number of para-hydroxylation sites is 1. The van der Waals surface area contributed by atoms with E-state index in [2.05, 4.69) is 5.10 Å². The molecule has 0 radical (unpaired) electrons. The highest BCUT2D eigenvalue weighted by atomic mass is 19.1. The SMILES string of the molecule is Cc1c(C(=O)N2CCC[C@@H](CCC(=O)O)C2)cnn1-c1ccccc1F. The number of aromatic nitrogens is 2. The van der Waals surface area contributed by atoms with E-state index < -0.39 is 11.8 Å². The first kappa shape index (κ1) is 18.1. The molecule has 1 aliphatic heterocycles. The first-order chi connectivity index (χ1) is 12.5. The van der Waals surface area contributed by atoms with Crippen LogP contribution in [0.25, 0.3) is 5.69 Å². The lowest BCUT2D eigenvalue weighted by Crippen LogP contribution is -2.40. The van der Waals surface area contributed by atoms with Crippen molar-refractivity contribution >= 4 is 11.9 Å². The van der Waals surface area contributed by atoms with Crippen molar-refractivity contribution < 1.29 is 19.1 Å². The number of carbonyl (C=O) groups is 2. The maximum Gasteiger partial charge on any atom is 0.303 e. The molecule has 0 bridgehead atoms. The number of nitrogens with zero attached hydrogens (tertiary/aromatic N) is 3. The lowest BCUT2D eigenvalue weighted by Gasteiger charge is -2.32. The number of amides is 1. The maximum atomic E-state index is 14.0. The molecule has 0 spiro atoms. The first-order valence-corrected chi connectivity index (χ1v) is 8.78. The van der Waals surface area contributed by atoms with Gasteiger partial charge < -0.3 is 10.0 Å². The van der Waals surface area contributed by atoms with Crippen LogP contribution in [0.3, 0.4) is 0 Å². The van der Waals surface area contributed by atoms with Crippen molar-refractivity contribution in [2.24, 2.45) is 5.92 Å². The average molecular weight is 359 g/mol. The summed E-state index contributed by atoms with van der Waals surface area (Å²) >= 11 is 0. The van der Waals surface area contributed by atoms with Gasteiger partial charge >= 0.3 is 5.97 Å². The quantitative estimate of drug-likeness (QED) is 0.890. The number of likely N-dealkylation sites (tertiary alicyclic amines) is 1. The molecule has 26 heavy (non-hydrogen) atoms. The smallest absolute Gasteiger partial charge is 0.303 e. The predicted octanol–water partition coefficient (Wildman–Crippen LogP) is 3.04. The summed E-state index contributed by atoms with van der Waals surface area (Å²) in [6, 6.07) is 6.30. The van der Waals surface area contributed by atoms with Crippen LogP contribution in [0.2, 0.25) is 0 Å². The number of carbonyl (C=O) groups excluding carboxylic acids is 1. The number of aliphatic carboxylic acids is 1. The molecule has 2 aromatic rings. The monoisotopic (exact) mass is 359 g/mol. The summed E-state index contributed by atoms with van der Waals surface area (Å²) in [7, 11) is 0. The molecule has 2 heterocycles. The van der Waals surface area contributed by atoms with Crippen molar-refractivity contribution in [3.05, 3.63) is 47.5 Å².